The molecule has 1 heterocycles. The van der Waals surface area contributed by atoms with E-state index in [2.05, 4.69) is 49.6 Å². The van der Waals surface area contributed by atoms with Gasteiger partial charge in [-0.3, -0.25) is 0 Å². The van der Waals surface area contributed by atoms with Crippen LogP contribution in [-0.2, 0) is 11.2 Å². The molecule has 0 radical (unpaired) electrons. The Morgan fingerprint density at radius 3 is 2.75 bits per heavy atom. The van der Waals surface area contributed by atoms with E-state index in [1.54, 1.807) is 0 Å². The van der Waals surface area contributed by atoms with E-state index in [0.717, 1.165) is 12.0 Å². The second-order valence-corrected chi connectivity index (χ2v) is 4.48. The average Bonchev–Trinajstić information content (AvgIpc) is 2.58. The minimum Gasteiger partial charge on any atom is -0.341 e. The van der Waals surface area contributed by atoms with Gasteiger partial charge in [-0.05, 0) is 32.4 Å². The fourth-order valence-corrected chi connectivity index (χ4v) is 2.35. The molecule has 0 spiro atoms. The normalized spacial score (nSPS) is 11.2. The summed E-state index contributed by atoms with van der Waals surface area (Å²) in [4.78, 5) is 10.7. The maximum absolute atomic E-state index is 10.7. The molecule has 2 aromatic rings. The van der Waals surface area contributed by atoms with Crippen molar-refractivity contribution in [2.24, 2.45) is 0 Å². The van der Waals surface area contributed by atoms with E-state index < -0.39 is 0 Å². The zero-order chi connectivity index (χ0) is 11.7. The van der Waals surface area contributed by atoms with E-state index in [4.69, 9.17) is 0 Å². The maximum Gasteiger partial charge on any atom is 0.125 e. The smallest absolute Gasteiger partial charge is 0.125 e. The van der Waals surface area contributed by atoms with Gasteiger partial charge in [-0.15, -0.1) is 0 Å². The molecule has 0 amide bonds. The molecule has 0 fully saturated rings. The van der Waals surface area contributed by atoms with Gasteiger partial charge in [0, 0.05) is 23.5 Å². The molecule has 0 aliphatic heterocycles. The zero-order valence-corrected chi connectivity index (χ0v) is 10.0. The third-order valence-electron chi connectivity index (χ3n) is 2.95. The highest BCUT2D eigenvalue weighted by Gasteiger charge is 2.12. The predicted octanol–water partition coefficient (Wildman–Crippen LogP) is 3.27. The van der Waals surface area contributed by atoms with Crippen LogP contribution >= 0.6 is 0 Å². The van der Waals surface area contributed by atoms with Crippen LogP contribution in [0.15, 0.2) is 24.3 Å². The lowest BCUT2D eigenvalue weighted by Crippen LogP contribution is -2.06. The SMILES string of the molecule is Cc1cccc2cc(CC=O)n(C(C)C)c12. The summed E-state index contributed by atoms with van der Waals surface area (Å²) in [7, 11) is 0. The Morgan fingerprint density at radius 2 is 2.12 bits per heavy atom. The second kappa shape index (κ2) is 4.12. The Labute approximate surface area is 95.9 Å². The molecule has 0 saturated carbocycles. The summed E-state index contributed by atoms with van der Waals surface area (Å²) in [5, 5.41) is 1.23. The molecule has 0 aliphatic rings. The number of hydrogen-bond acceptors (Lipinski definition) is 1. The number of hydrogen-bond donors (Lipinski definition) is 0. The van der Waals surface area contributed by atoms with Crippen LogP contribution < -0.4 is 0 Å². The lowest BCUT2D eigenvalue weighted by molar-refractivity contribution is -0.107. The van der Waals surface area contributed by atoms with Crippen molar-refractivity contribution in [1.82, 2.24) is 4.57 Å². The molecule has 0 saturated heterocycles. The summed E-state index contributed by atoms with van der Waals surface area (Å²) in [6.07, 6.45) is 1.47. The molecule has 1 aromatic heterocycles. The van der Waals surface area contributed by atoms with Crippen molar-refractivity contribution in [2.75, 3.05) is 0 Å². The van der Waals surface area contributed by atoms with Crippen molar-refractivity contribution in [2.45, 2.75) is 33.2 Å². The van der Waals surface area contributed by atoms with Crippen LogP contribution in [0.5, 0.6) is 0 Å². The number of carbonyl (C=O) groups is 1. The van der Waals surface area contributed by atoms with E-state index >= 15 is 0 Å². The van der Waals surface area contributed by atoms with Crippen LogP contribution in [0.1, 0.15) is 31.1 Å². The van der Waals surface area contributed by atoms with Gasteiger partial charge < -0.3 is 9.36 Å². The van der Waals surface area contributed by atoms with Crippen molar-refractivity contribution >= 4 is 17.2 Å². The number of fused-ring (bicyclic) bond motifs is 1. The number of para-hydroxylation sites is 1. The van der Waals surface area contributed by atoms with Crippen LogP contribution in [0.3, 0.4) is 0 Å². The first-order chi connectivity index (χ1) is 7.65. The van der Waals surface area contributed by atoms with Gasteiger partial charge in [0.1, 0.15) is 6.29 Å². The highest BCUT2D eigenvalue weighted by Crippen LogP contribution is 2.26. The Bertz CT molecular complexity index is 523. The summed E-state index contributed by atoms with van der Waals surface area (Å²) in [5.41, 5.74) is 3.63. The van der Waals surface area contributed by atoms with Gasteiger partial charge >= 0.3 is 0 Å². The standard InChI is InChI=1S/C14H17NO/c1-10(2)15-13(7-8-16)9-12-6-4-5-11(3)14(12)15/h4-6,8-10H,7H2,1-3H3. The molecular formula is C14H17NO. The Kier molecular flexibility index (Phi) is 2.82. The van der Waals surface area contributed by atoms with Crippen LogP contribution in [0.2, 0.25) is 0 Å². The second-order valence-electron chi connectivity index (χ2n) is 4.48. The molecule has 1 aromatic carbocycles. The van der Waals surface area contributed by atoms with Gasteiger partial charge in [0.2, 0.25) is 0 Å². The number of benzene rings is 1. The molecule has 0 atom stereocenters. The maximum atomic E-state index is 10.7. The van der Waals surface area contributed by atoms with Crippen molar-refractivity contribution in [3.8, 4) is 0 Å². The first-order valence-corrected chi connectivity index (χ1v) is 5.68. The van der Waals surface area contributed by atoms with E-state index in [1.165, 1.54) is 16.5 Å². The average molecular weight is 215 g/mol. The minimum atomic E-state index is 0.383. The fraction of sp³-hybridized carbons (Fsp3) is 0.357. The van der Waals surface area contributed by atoms with E-state index in [0.29, 0.717) is 12.5 Å². The highest BCUT2D eigenvalue weighted by molar-refractivity contribution is 5.85. The van der Waals surface area contributed by atoms with E-state index in [9.17, 15) is 4.79 Å². The molecule has 84 valence electrons. The van der Waals surface area contributed by atoms with Crippen molar-refractivity contribution < 1.29 is 4.79 Å². The molecule has 0 aliphatic carbocycles. The van der Waals surface area contributed by atoms with Crippen molar-refractivity contribution in [3.63, 3.8) is 0 Å². The van der Waals surface area contributed by atoms with E-state index in [1.807, 2.05) is 0 Å². The molecule has 16 heavy (non-hydrogen) atoms. The number of carbonyl (C=O) groups excluding carboxylic acids is 1. The van der Waals surface area contributed by atoms with Crippen molar-refractivity contribution in [3.05, 3.63) is 35.5 Å². The lowest BCUT2D eigenvalue weighted by atomic mass is 10.1. The minimum absolute atomic E-state index is 0.383. The molecule has 0 bridgehead atoms. The van der Waals surface area contributed by atoms with Gasteiger partial charge in [-0.2, -0.15) is 0 Å². The van der Waals surface area contributed by atoms with Crippen LogP contribution in [0, 0.1) is 6.92 Å². The third kappa shape index (κ3) is 1.64. The van der Waals surface area contributed by atoms with Gasteiger partial charge in [-0.1, -0.05) is 18.2 Å². The Balaban J connectivity index is 2.77. The topological polar surface area (TPSA) is 22.0 Å². The van der Waals surface area contributed by atoms with Crippen molar-refractivity contribution in [1.29, 1.82) is 0 Å². The van der Waals surface area contributed by atoms with Gasteiger partial charge in [0.25, 0.3) is 0 Å². The van der Waals surface area contributed by atoms with E-state index in [-0.39, 0.29) is 0 Å². The molecular weight excluding hydrogens is 198 g/mol. The summed E-state index contributed by atoms with van der Waals surface area (Å²) < 4.78 is 2.26. The highest BCUT2D eigenvalue weighted by atomic mass is 16.1. The Hall–Kier alpha value is -1.57. The quantitative estimate of drug-likeness (QED) is 0.720. The number of nitrogens with zero attached hydrogens (tertiary/aromatic N) is 1. The molecule has 2 rings (SSSR count). The number of aromatic nitrogens is 1. The monoisotopic (exact) mass is 215 g/mol. The summed E-state index contributed by atoms with van der Waals surface area (Å²) in [6.45, 7) is 6.42. The summed E-state index contributed by atoms with van der Waals surface area (Å²) in [6, 6.07) is 8.79. The number of aryl methyl sites for hydroxylation is 1. The first-order valence-electron chi connectivity index (χ1n) is 5.68. The predicted molar refractivity (Wildman–Crippen MR) is 66.8 cm³/mol. The number of aldehydes is 1. The zero-order valence-electron chi connectivity index (χ0n) is 10.0. The summed E-state index contributed by atoms with van der Waals surface area (Å²) in [5.74, 6) is 0. The van der Waals surface area contributed by atoms with Crippen LogP contribution in [-0.4, -0.2) is 10.9 Å². The lowest BCUT2D eigenvalue weighted by Gasteiger charge is -2.14. The Morgan fingerprint density at radius 1 is 1.38 bits per heavy atom. The van der Waals surface area contributed by atoms with Gasteiger partial charge in [0.15, 0.2) is 0 Å². The van der Waals surface area contributed by atoms with Crippen LogP contribution in [0.4, 0.5) is 0 Å². The molecule has 0 N–H and O–H groups in total. The summed E-state index contributed by atoms with van der Waals surface area (Å²) >= 11 is 0. The molecule has 0 unspecified atom stereocenters. The third-order valence-corrected chi connectivity index (χ3v) is 2.95. The fourth-order valence-electron chi connectivity index (χ4n) is 2.35. The van der Waals surface area contributed by atoms with Crippen LogP contribution in [0.25, 0.3) is 10.9 Å². The largest absolute Gasteiger partial charge is 0.341 e. The first kappa shape index (κ1) is 10.9. The van der Waals surface area contributed by atoms with Gasteiger partial charge in [0.05, 0.1) is 5.52 Å². The van der Waals surface area contributed by atoms with Gasteiger partial charge in [-0.25, -0.2) is 0 Å². The molecule has 2 heteroatoms. The molecule has 2 nitrogen and oxygen atoms in total. The number of rotatable bonds is 3.